The van der Waals surface area contributed by atoms with Crippen molar-refractivity contribution < 1.29 is 10.2 Å². The topological polar surface area (TPSA) is 55.7 Å². The van der Waals surface area contributed by atoms with Gasteiger partial charge in [0.2, 0.25) is 0 Å². The lowest BCUT2D eigenvalue weighted by atomic mass is 10.0. The molecule has 0 amide bonds. The zero-order valence-electron chi connectivity index (χ0n) is 12.2. The van der Waals surface area contributed by atoms with Gasteiger partial charge in [0.15, 0.2) is 0 Å². The highest BCUT2D eigenvalue weighted by Crippen LogP contribution is 2.19. The molecule has 0 aliphatic carbocycles. The minimum atomic E-state index is -0.589. The van der Waals surface area contributed by atoms with Gasteiger partial charge in [-0.3, -0.25) is 4.90 Å². The van der Waals surface area contributed by atoms with E-state index in [1.54, 1.807) is 0 Å². The summed E-state index contributed by atoms with van der Waals surface area (Å²) in [5.41, 5.74) is 1.31. The fraction of sp³-hybridized carbons (Fsp3) is 0.625. The number of benzene rings is 1. The van der Waals surface area contributed by atoms with Crippen molar-refractivity contribution >= 4 is 0 Å². The normalized spacial score (nSPS) is 24.9. The third kappa shape index (κ3) is 4.28. The molecule has 0 saturated carbocycles. The highest BCUT2D eigenvalue weighted by Gasteiger charge is 2.29. The van der Waals surface area contributed by atoms with E-state index in [1.807, 2.05) is 6.07 Å². The van der Waals surface area contributed by atoms with Gasteiger partial charge >= 0.3 is 0 Å². The number of hydrogen-bond donors (Lipinski definition) is 3. The molecule has 3 atom stereocenters. The van der Waals surface area contributed by atoms with E-state index in [9.17, 15) is 10.2 Å². The van der Waals surface area contributed by atoms with Crippen LogP contribution in [0.25, 0.3) is 0 Å². The summed E-state index contributed by atoms with van der Waals surface area (Å²) in [6.45, 7) is 5.23. The van der Waals surface area contributed by atoms with Gasteiger partial charge in [0.05, 0.1) is 12.2 Å². The predicted octanol–water partition coefficient (Wildman–Crippen LogP) is 1.15. The summed E-state index contributed by atoms with van der Waals surface area (Å²) in [6, 6.07) is 10.8. The molecule has 3 unspecified atom stereocenters. The molecule has 4 nitrogen and oxygen atoms in total. The van der Waals surface area contributed by atoms with Crippen LogP contribution in [-0.4, -0.2) is 53.5 Å². The van der Waals surface area contributed by atoms with Crippen LogP contribution in [0.15, 0.2) is 30.3 Å². The monoisotopic (exact) mass is 278 g/mol. The third-order valence-corrected chi connectivity index (χ3v) is 3.91. The van der Waals surface area contributed by atoms with Gasteiger partial charge < -0.3 is 15.5 Å². The van der Waals surface area contributed by atoms with E-state index in [-0.39, 0.29) is 0 Å². The molecule has 0 aromatic heterocycles. The molecular weight excluding hydrogens is 252 g/mol. The molecule has 4 heteroatoms. The van der Waals surface area contributed by atoms with Gasteiger partial charge in [-0.25, -0.2) is 0 Å². The zero-order chi connectivity index (χ0) is 14.4. The number of nitrogens with zero attached hydrogens (tertiary/aromatic N) is 1. The van der Waals surface area contributed by atoms with Gasteiger partial charge in [0, 0.05) is 25.7 Å². The lowest BCUT2D eigenvalue weighted by molar-refractivity contribution is 0.0572. The van der Waals surface area contributed by atoms with E-state index in [4.69, 9.17) is 0 Å². The maximum atomic E-state index is 9.58. The Morgan fingerprint density at radius 1 is 1.20 bits per heavy atom. The highest BCUT2D eigenvalue weighted by atomic mass is 16.3. The summed E-state index contributed by atoms with van der Waals surface area (Å²) >= 11 is 0. The van der Waals surface area contributed by atoms with Crippen LogP contribution in [0, 0.1) is 0 Å². The summed E-state index contributed by atoms with van der Waals surface area (Å²) in [4.78, 5) is 2.14. The fourth-order valence-corrected chi connectivity index (χ4v) is 2.73. The van der Waals surface area contributed by atoms with Gasteiger partial charge in [-0.2, -0.15) is 0 Å². The summed E-state index contributed by atoms with van der Waals surface area (Å²) < 4.78 is 0. The smallest absolute Gasteiger partial charge is 0.0938 e. The van der Waals surface area contributed by atoms with Crippen LogP contribution >= 0.6 is 0 Å². The van der Waals surface area contributed by atoms with Crippen molar-refractivity contribution in [2.45, 2.75) is 38.0 Å². The first kappa shape index (κ1) is 15.4. The molecule has 0 spiro atoms. The van der Waals surface area contributed by atoms with Crippen molar-refractivity contribution in [1.82, 2.24) is 10.2 Å². The second-order valence-electron chi connectivity index (χ2n) is 5.60. The Labute approximate surface area is 121 Å². The molecule has 3 N–H and O–H groups in total. The first-order chi connectivity index (χ1) is 9.70. The molecular formula is C16H26N2O2. The van der Waals surface area contributed by atoms with E-state index < -0.39 is 12.2 Å². The Kier molecular flexibility index (Phi) is 5.98. The van der Waals surface area contributed by atoms with Crippen molar-refractivity contribution in [2.24, 2.45) is 0 Å². The first-order valence-corrected chi connectivity index (χ1v) is 7.57. The van der Waals surface area contributed by atoms with Gasteiger partial charge in [0.1, 0.15) is 0 Å². The second kappa shape index (κ2) is 7.74. The number of rotatable bonds is 7. The van der Waals surface area contributed by atoms with Crippen LogP contribution in [0.5, 0.6) is 0 Å². The van der Waals surface area contributed by atoms with Crippen molar-refractivity contribution in [3.05, 3.63) is 35.9 Å². The fourth-order valence-electron chi connectivity index (χ4n) is 2.73. The average molecular weight is 278 g/mol. The van der Waals surface area contributed by atoms with Crippen LogP contribution in [0.4, 0.5) is 0 Å². The standard InChI is InChI=1S/C16H26N2O2/c1-2-9-17-14(13-6-4-3-5-7-13)8-10-18-11-15(19)16(20)12-18/h3-7,14-17,19-20H,2,8-12H2,1H3. The van der Waals surface area contributed by atoms with Crippen molar-refractivity contribution in [3.63, 3.8) is 0 Å². The van der Waals surface area contributed by atoms with E-state index in [1.165, 1.54) is 5.56 Å². The summed E-state index contributed by atoms with van der Waals surface area (Å²) in [5.74, 6) is 0. The molecule has 1 aliphatic heterocycles. The molecule has 2 rings (SSSR count). The van der Waals surface area contributed by atoms with Crippen LogP contribution in [0.1, 0.15) is 31.4 Å². The Balaban J connectivity index is 1.88. The minimum absolute atomic E-state index is 0.339. The molecule has 1 aromatic rings. The number of nitrogens with one attached hydrogen (secondary N) is 1. The third-order valence-electron chi connectivity index (χ3n) is 3.91. The number of β-amino-alcohol motifs (C(OH)–C–C–N with tert-alkyl or cyclic N) is 2. The molecule has 1 fully saturated rings. The van der Waals surface area contributed by atoms with E-state index >= 15 is 0 Å². The SMILES string of the molecule is CCCNC(CCN1CC(O)C(O)C1)c1ccccc1. The molecule has 1 aliphatic rings. The Morgan fingerprint density at radius 2 is 1.85 bits per heavy atom. The van der Waals surface area contributed by atoms with Crippen molar-refractivity contribution in [3.8, 4) is 0 Å². The van der Waals surface area contributed by atoms with Crippen LogP contribution < -0.4 is 5.32 Å². The Morgan fingerprint density at radius 3 is 2.45 bits per heavy atom. The highest BCUT2D eigenvalue weighted by molar-refractivity contribution is 5.18. The number of hydrogen-bond acceptors (Lipinski definition) is 4. The summed E-state index contributed by atoms with van der Waals surface area (Å²) in [6.07, 6.45) is 0.927. The zero-order valence-corrected chi connectivity index (χ0v) is 12.2. The second-order valence-corrected chi connectivity index (χ2v) is 5.60. The molecule has 20 heavy (non-hydrogen) atoms. The van der Waals surface area contributed by atoms with E-state index in [2.05, 4.69) is 41.4 Å². The molecule has 1 aromatic carbocycles. The maximum Gasteiger partial charge on any atom is 0.0938 e. The molecule has 112 valence electrons. The number of aliphatic hydroxyl groups excluding tert-OH is 2. The van der Waals surface area contributed by atoms with Crippen LogP contribution in [0.2, 0.25) is 0 Å². The molecule has 1 heterocycles. The van der Waals surface area contributed by atoms with Crippen LogP contribution in [-0.2, 0) is 0 Å². The first-order valence-electron chi connectivity index (χ1n) is 7.57. The van der Waals surface area contributed by atoms with E-state index in [0.717, 1.165) is 25.9 Å². The largest absolute Gasteiger partial charge is 0.389 e. The minimum Gasteiger partial charge on any atom is -0.389 e. The molecule has 1 saturated heterocycles. The lowest BCUT2D eigenvalue weighted by Gasteiger charge is -2.22. The van der Waals surface area contributed by atoms with Crippen molar-refractivity contribution in [1.29, 1.82) is 0 Å². The molecule has 0 radical (unpaired) electrons. The average Bonchev–Trinajstić information content (AvgIpc) is 2.79. The quantitative estimate of drug-likeness (QED) is 0.700. The number of aliphatic hydroxyl groups is 2. The summed E-state index contributed by atoms with van der Waals surface area (Å²) in [7, 11) is 0. The van der Waals surface area contributed by atoms with Gasteiger partial charge in [0.25, 0.3) is 0 Å². The van der Waals surface area contributed by atoms with Crippen molar-refractivity contribution in [2.75, 3.05) is 26.2 Å². The van der Waals surface area contributed by atoms with Gasteiger partial charge in [-0.15, -0.1) is 0 Å². The maximum absolute atomic E-state index is 9.58. The number of likely N-dealkylation sites (tertiary alicyclic amines) is 1. The molecule has 0 bridgehead atoms. The van der Waals surface area contributed by atoms with Gasteiger partial charge in [-0.1, -0.05) is 37.3 Å². The Bertz CT molecular complexity index is 375. The predicted molar refractivity (Wildman–Crippen MR) is 80.5 cm³/mol. The van der Waals surface area contributed by atoms with Crippen LogP contribution in [0.3, 0.4) is 0 Å². The van der Waals surface area contributed by atoms with Gasteiger partial charge in [-0.05, 0) is 24.9 Å². The summed E-state index contributed by atoms with van der Waals surface area (Å²) in [5, 5.41) is 22.7. The lowest BCUT2D eigenvalue weighted by Crippen LogP contribution is -2.29. The van der Waals surface area contributed by atoms with E-state index in [0.29, 0.717) is 19.1 Å². The Hall–Kier alpha value is -0.940.